The zero-order chi connectivity index (χ0) is 23.1. The van der Waals surface area contributed by atoms with Crippen molar-refractivity contribution < 1.29 is 36.2 Å². The van der Waals surface area contributed by atoms with Gasteiger partial charge in [-0.3, -0.25) is 4.79 Å². The van der Waals surface area contributed by atoms with Gasteiger partial charge in [0.25, 0.3) is 0 Å². The van der Waals surface area contributed by atoms with Crippen LogP contribution in [0.1, 0.15) is 17.9 Å². The van der Waals surface area contributed by atoms with Gasteiger partial charge in [-0.05, 0) is 30.3 Å². The van der Waals surface area contributed by atoms with Crippen LogP contribution in [0.4, 0.5) is 23.2 Å². The number of nitrogens with one attached hydrogen (secondary N) is 1. The number of nitrogens with zero attached hydrogens (tertiary/aromatic N) is 1. The summed E-state index contributed by atoms with van der Waals surface area (Å²) in [6.07, 6.45) is -3.28. The lowest BCUT2D eigenvalue weighted by Gasteiger charge is -2.15. The predicted octanol–water partition coefficient (Wildman–Crippen LogP) is 5.10. The lowest BCUT2D eigenvalue weighted by atomic mass is 10.1. The van der Waals surface area contributed by atoms with Crippen LogP contribution in [0.15, 0.2) is 53.1 Å². The molecular formula is C22H20F4N2O4. The molecule has 0 fully saturated rings. The first-order chi connectivity index (χ1) is 15.3. The van der Waals surface area contributed by atoms with Crippen LogP contribution in [0.25, 0.3) is 11.3 Å². The molecule has 6 nitrogen and oxygen atoms in total. The molecule has 0 radical (unpaired) electrons. The number of halogens is 4. The summed E-state index contributed by atoms with van der Waals surface area (Å²) in [6, 6.07) is 8.83. The Balaban J connectivity index is 1.67. The number of hydrogen-bond donors (Lipinski definition) is 1. The number of hydrogen-bond acceptors (Lipinski definition) is 5. The molecule has 0 bridgehead atoms. The first-order valence-electron chi connectivity index (χ1n) is 9.60. The van der Waals surface area contributed by atoms with Gasteiger partial charge < -0.3 is 19.2 Å². The van der Waals surface area contributed by atoms with Crippen LogP contribution in [-0.2, 0) is 22.1 Å². The van der Waals surface area contributed by atoms with E-state index in [2.05, 4.69) is 10.3 Å². The van der Waals surface area contributed by atoms with E-state index >= 15 is 0 Å². The Morgan fingerprint density at radius 1 is 1.16 bits per heavy atom. The van der Waals surface area contributed by atoms with Gasteiger partial charge in [-0.15, -0.1) is 0 Å². The number of oxazole rings is 1. The highest BCUT2D eigenvalue weighted by atomic mass is 19.4. The molecule has 170 valence electrons. The van der Waals surface area contributed by atoms with Gasteiger partial charge in [0.1, 0.15) is 18.2 Å². The number of rotatable bonds is 9. The summed E-state index contributed by atoms with van der Waals surface area (Å²) in [5.74, 6) is -0.546. The van der Waals surface area contributed by atoms with E-state index < -0.39 is 23.5 Å². The van der Waals surface area contributed by atoms with Crippen molar-refractivity contribution in [3.05, 3.63) is 65.9 Å². The van der Waals surface area contributed by atoms with E-state index in [1.54, 1.807) is 12.1 Å². The second-order valence-electron chi connectivity index (χ2n) is 6.70. The van der Waals surface area contributed by atoms with Crippen molar-refractivity contribution in [2.75, 3.05) is 25.6 Å². The van der Waals surface area contributed by atoms with E-state index in [1.165, 1.54) is 25.4 Å². The number of ether oxygens (including phenoxy) is 2. The SMILES string of the molecule is COCCOc1ccc(C(F)(F)F)cc1NC(=O)CCc1ncc(-c2ccccc2F)o1. The third kappa shape index (κ3) is 6.07. The second kappa shape index (κ2) is 10.3. The van der Waals surface area contributed by atoms with Gasteiger partial charge in [0.05, 0.1) is 29.6 Å². The number of alkyl halides is 3. The molecule has 3 rings (SSSR count). The molecule has 2 aromatic carbocycles. The lowest BCUT2D eigenvalue weighted by Crippen LogP contribution is -2.15. The first-order valence-corrected chi connectivity index (χ1v) is 9.60. The van der Waals surface area contributed by atoms with Crippen molar-refractivity contribution in [3.63, 3.8) is 0 Å². The van der Waals surface area contributed by atoms with Gasteiger partial charge in [-0.25, -0.2) is 9.37 Å². The Bertz CT molecular complexity index is 1070. The van der Waals surface area contributed by atoms with E-state index in [0.29, 0.717) is 0 Å². The van der Waals surface area contributed by atoms with Crippen molar-refractivity contribution in [1.29, 1.82) is 0 Å². The van der Waals surface area contributed by atoms with Crippen LogP contribution in [0.5, 0.6) is 5.75 Å². The Labute approximate surface area is 181 Å². The predicted molar refractivity (Wildman–Crippen MR) is 108 cm³/mol. The Kier molecular flexibility index (Phi) is 7.47. The average Bonchev–Trinajstić information content (AvgIpc) is 3.22. The van der Waals surface area contributed by atoms with E-state index in [1.807, 2.05) is 0 Å². The van der Waals surface area contributed by atoms with E-state index in [0.717, 1.165) is 18.2 Å². The standard InChI is InChI=1S/C22H20F4N2O4/c1-30-10-11-31-18-7-6-14(22(24,25)26)12-17(18)28-20(29)8-9-21-27-13-19(32-21)15-4-2-3-5-16(15)23/h2-7,12-13H,8-11H2,1H3,(H,28,29). The van der Waals surface area contributed by atoms with Crippen LogP contribution in [0.3, 0.4) is 0 Å². The Morgan fingerprint density at radius 2 is 1.94 bits per heavy atom. The van der Waals surface area contributed by atoms with Crippen LogP contribution in [0, 0.1) is 5.82 Å². The molecule has 1 N–H and O–H groups in total. The minimum absolute atomic E-state index is 0.0686. The summed E-state index contributed by atoms with van der Waals surface area (Å²) < 4.78 is 68.8. The van der Waals surface area contributed by atoms with Crippen LogP contribution >= 0.6 is 0 Å². The highest BCUT2D eigenvalue weighted by molar-refractivity contribution is 5.92. The molecule has 0 aliphatic heterocycles. The molecule has 0 atom stereocenters. The summed E-state index contributed by atoms with van der Waals surface area (Å²) in [5, 5.41) is 2.43. The third-order valence-corrected chi connectivity index (χ3v) is 4.38. The van der Waals surface area contributed by atoms with Gasteiger partial charge in [-0.2, -0.15) is 13.2 Å². The number of amides is 1. The van der Waals surface area contributed by atoms with Crippen LogP contribution in [0.2, 0.25) is 0 Å². The topological polar surface area (TPSA) is 73.6 Å². The molecule has 0 aliphatic carbocycles. The van der Waals surface area contributed by atoms with Gasteiger partial charge in [0.2, 0.25) is 5.91 Å². The van der Waals surface area contributed by atoms with Crippen LogP contribution < -0.4 is 10.1 Å². The molecule has 10 heteroatoms. The summed E-state index contributed by atoms with van der Waals surface area (Å²) >= 11 is 0. The summed E-state index contributed by atoms with van der Waals surface area (Å²) in [7, 11) is 1.46. The number of methoxy groups -OCH3 is 1. The normalized spacial score (nSPS) is 11.4. The maximum Gasteiger partial charge on any atom is 0.416 e. The Hall–Kier alpha value is -3.40. The minimum Gasteiger partial charge on any atom is -0.489 e. The van der Waals surface area contributed by atoms with Crippen LogP contribution in [-0.4, -0.2) is 31.2 Å². The number of benzene rings is 2. The summed E-state index contributed by atoms with van der Waals surface area (Å²) in [5.41, 5.74) is -0.799. The summed E-state index contributed by atoms with van der Waals surface area (Å²) in [4.78, 5) is 16.4. The molecule has 1 aromatic heterocycles. The molecule has 0 spiro atoms. The third-order valence-electron chi connectivity index (χ3n) is 4.38. The average molecular weight is 452 g/mol. The maximum absolute atomic E-state index is 13.9. The molecule has 0 aliphatic rings. The molecule has 1 amide bonds. The van der Waals surface area contributed by atoms with Gasteiger partial charge in [-0.1, -0.05) is 12.1 Å². The van der Waals surface area contributed by atoms with Crippen molar-refractivity contribution >= 4 is 11.6 Å². The first kappa shape index (κ1) is 23.3. The number of carbonyl (C=O) groups is 1. The molecular weight excluding hydrogens is 432 g/mol. The molecule has 0 saturated carbocycles. The fraction of sp³-hybridized carbons (Fsp3) is 0.273. The maximum atomic E-state index is 13.9. The smallest absolute Gasteiger partial charge is 0.416 e. The summed E-state index contributed by atoms with van der Waals surface area (Å²) in [6.45, 7) is 0.322. The zero-order valence-corrected chi connectivity index (χ0v) is 17.0. The van der Waals surface area contributed by atoms with Crippen molar-refractivity contribution in [1.82, 2.24) is 4.98 Å². The molecule has 0 saturated heterocycles. The van der Waals surface area contributed by atoms with Crippen molar-refractivity contribution in [3.8, 4) is 17.1 Å². The molecule has 32 heavy (non-hydrogen) atoms. The highest BCUT2D eigenvalue weighted by Gasteiger charge is 2.31. The minimum atomic E-state index is -4.58. The lowest BCUT2D eigenvalue weighted by molar-refractivity contribution is -0.137. The van der Waals surface area contributed by atoms with E-state index in [9.17, 15) is 22.4 Å². The molecule has 0 unspecified atom stereocenters. The van der Waals surface area contributed by atoms with Gasteiger partial charge in [0, 0.05) is 20.0 Å². The number of aryl methyl sites for hydroxylation is 1. The van der Waals surface area contributed by atoms with Gasteiger partial charge in [0.15, 0.2) is 11.7 Å². The van der Waals surface area contributed by atoms with E-state index in [-0.39, 0.29) is 54.7 Å². The largest absolute Gasteiger partial charge is 0.489 e. The highest BCUT2D eigenvalue weighted by Crippen LogP contribution is 2.35. The fourth-order valence-corrected chi connectivity index (χ4v) is 2.81. The quantitative estimate of drug-likeness (QED) is 0.361. The van der Waals surface area contributed by atoms with Gasteiger partial charge >= 0.3 is 6.18 Å². The van der Waals surface area contributed by atoms with Crippen molar-refractivity contribution in [2.45, 2.75) is 19.0 Å². The monoisotopic (exact) mass is 452 g/mol. The van der Waals surface area contributed by atoms with E-state index in [4.69, 9.17) is 13.9 Å². The number of anilines is 1. The fourth-order valence-electron chi connectivity index (χ4n) is 2.81. The van der Waals surface area contributed by atoms with Crippen molar-refractivity contribution in [2.24, 2.45) is 0 Å². The Morgan fingerprint density at radius 3 is 2.66 bits per heavy atom. The zero-order valence-electron chi connectivity index (χ0n) is 17.0. The molecule has 1 heterocycles. The molecule has 3 aromatic rings. The number of carbonyl (C=O) groups excluding carboxylic acids is 1. The second-order valence-corrected chi connectivity index (χ2v) is 6.70. The number of aromatic nitrogens is 1.